The minimum Gasteiger partial charge on any atom is -0.425 e. The van der Waals surface area contributed by atoms with Gasteiger partial charge >= 0.3 is 0 Å². The first-order valence-electron chi connectivity index (χ1n) is 7.38. The monoisotopic (exact) mass is 315 g/mol. The smallest absolute Gasteiger partial charge is 0.226 e. The topological polar surface area (TPSA) is 85.5 Å². The van der Waals surface area contributed by atoms with Crippen LogP contribution >= 0.6 is 0 Å². The van der Waals surface area contributed by atoms with Crippen molar-refractivity contribution < 1.29 is 17.6 Å². The molecule has 0 aromatic carbocycles. The molecule has 0 amide bonds. The van der Waals surface area contributed by atoms with Gasteiger partial charge < -0.3 is 9.15 Å². The molecule has 3 heterocycles. The van der Waals surface area contributed by atoms with Crippen LogP contribution in [-0.2, 0) is 20.2 Å². The first kappa shape index (κ1) is 14.9. The number of sulfonamides is 1. The first-order chi connectivity index (χ1) is 9.98. The summed E-state index contributed by atoms with van der Waals surface area (Å²) in [4.78, 5) is 0. The van der Waals surface area contributed by atoms with Crippen LogP contribution in [0.25, 0.3) is 0 Å². The lowest BCUT2D eigenvalue weighted by molar-refractivity contribution is 0.0295. The third-order valence-corrected chi connectivity index (χ3v) is 6.41. The Morgan fingerprint density at radius 1 is 1.43 bits per heavy atom. The second kappa shape index (κ2) is 5.33. The highest BCUT2D eigenvalue weighted by atomic mass is 32.2. The standard InChI is InChI=1S/C13H21N3O4S/c1-3-8-21(17,18)16-6-4-11-13(9-16,5-7-19-11)12-15-14-10(2)20-12/h11H,3-9H2,1-2H3/t11-,13-/m0/s1. The van der Waals surface area contributed by atoms with Crippen molar-refractivity contribution in [3.05, 3.63) is 11.8 Å². The Labute approximate surface area is 124 Å². The molecule has 0 unspecified atom stereocenters. The number of hydrogen-bond donors (Lipinski definition) is 0. The average Bonchev–Trinajstić information content (AvgIpc) is 3.04. The highest BCUT2D eigenvalue weighted by Crippen LogP contribution is 2.43. The Kier molecular flexibility index (Phi) is 3.79. The molecule has 118 valence electrons. The van der Waals surface area contributed by atoms with Crippen molar-refractivity contribution in [1.82, 2.24) is 14.5 Å². The fourth-order valence-corrected chi connectivity index (χ4v) is 4.92. The van der Waals surface area contributed by atoms with Crippen LogP contribution in [0.3, 0.4) is 0 Å². The molecule has 0 N–H and O–H groups in total. The van der Waals surface area contributed by atoms with Gasteiger partial charge in [0.1, 0.15) is 0 Å². The molecule has 2 aliphatic heterocycles. The lowest BCUT2D eigenvalue weighted by atomic mass is 9.77. The molecule has 1 aromatic rings. The molecule has 2 fully saturated rings. The molecule has 0 spiro atoms. The Morgan fingerprint density at radius 2 is 2.24 bits per heavy atom. The van der Waals surface area contributed by atoms with Gasteiger partial charge in [-0.1, -0.05) is 6.92 Å². The van der Waals surface area contributed by atoms with E-state index in [0.29, 0.717) is 44.3 Å². The lowest BCUT2D eigenvalue weighted by Crippen LogP contribution is -2.54. The van der Waals surface area contributed by atoms with Crippen molar-refractivity contribution in [3.63, 3.8) is 0 Å². The third-order valence-electron chi connectivity index (χ3n) is 4.39. The summed E-state index contributed by atoms with van der Waals surface area (Å²) in [5, 5.41) is 8.05. The molecule has 8 heteroatoms. The molecule has 2 atom stereocenters. The van der Waals surface area contributed by atoms with Crippen LogP contribution in [0.15, 0.2) is 4.42 Å². The summed E-state index contributed by atoms with van der Waals surface area (Å²) in [6, 6.07) is 0. The lowest BCUT2D eigenvalue weighted by Gasteiger charge is -2.40. The molecule has 2 aliphatic rings. The number of fused-ring (bicyclic) bond motifs is 1. The maximum absolute atomic E-state index is 12.4. The van der Waals surface area contributed by atoms with Crippen LogP contribution in [0.2, 0.25) is 0 Å². The molecular weight excluding hydrogens is 294 g/mol. The van der Waals surface area contributed by atoms with Crippen LogP contribution in [-0.4, -0.2) is 54.5 Å². The summed E-state index contributed by atoms with van der Waals surface area (Å²) in [6.07, 6.45) is 1.97. The van der Waals surface area contributed by atoms with Crippen molar-refractivity contribution >= 4 is 10.0 Å². The molecule has 0 radical (unpaired) electrons. The zero-order valence-corrected chi connectivity index (χ0v) is 13.2. The number of ether oxygens (including phenoxy) is 1. The van der Waals surface area contributed by atoms with E-state index in [1.807, 2.05) is 6.92 Å². The summed E-state index contributed by atoms with van der Waals surface area (Å²) in [7, 11) is -3.22. The van der Waals surface area contributed by atoms with E-state index in [0.717, 1.165) is 6.42 Å². The van der Waals surface area contributed by atoms with Crippen molar-refractivity contribution in [2.24, 2.45) is 0 Å². The maximum atomic E-state index is 12.4. The third kappa shape index (κ3) is 2.49. The molecule has 0 bridgehead atoms. The van der Waals surface area contributed by atoms with Crippen LogP contribution in [0.4, 0.5) is 0 Å². The summed E-state index contributed by atoms with van der Waals surface area (Å²) in [6.45, 7) is 5.10. The number of hydrogen-bond acceptors (Lipinski definition) is 6. The van der Waals surface area contributed by atoms with Gasteiger partial charge in [-0.25, -0.2) is 12.7 Å². The zero-order valence-electron chi connectivity index (χ0n) is 12.4. The maximum Gasteiger partial charge on any atom is 0.226 e. The Hall–Kier alpha value is -0.990. The van der Waals surface area contributed by atoms with Crippen LogP contribution in [0, 0.1) is 6.92 Å². The molecule has 1 aromatic heterocycles. The Bertz CT molecular complexity index is 615. The van der Waals surface area contributed by atoms with Gasteiger partial charge in [0.05, 0.1) is 17.3 Å². The number of aryl methyl sites for hydroxylation is 1. The molecular formula is C13H21N3O4S. The molecule has 0 aliphatic carbocycles. The summed E-state index contributed by atoms with van der Waals surface area (Å²) in [5.41, 5.74) is -0.486. The van der Waals surface area contributed by atoms with Crippen molar-refractivity contribution in [2.45, 2.75) is 44.6 Å². The van der Waals surface area contributed by atoms with Crippen LogP contribution < -0.4 is 0 Å². The molecule has 3 rings (SSSR count). The fraction of sp³-hybridized carbons (Fsp3) is 0.846. The largest absolute Gasteiger partial charge is 0.425 e. The van der Waals surface area contributed by atoms with Gasteiger partial charge in [0.15, 0.2) is 0 Å². The SMILES string of the molecule is CCCS(=O)(=O)N1CC[C@@H]2OCC[C@]2(c2nnc(C)o2)C1. The highest BCUT2D eigenvalue weighted by molar-refractivity contribution is 7.89. The molecule has 0 saturated carbocycles. The predicted octanol–water partition coefficient (Wildman–Crippen LogP) is 0.850. The van der Waals surface area contributed by atoms with Crippen molar-refractivity contribution in [3.8, 4) is 0 Å². The zero-order chi connectivity index (χ0) is 15.1. The first-order valence-corrected chi connectivity index (χ1v) is 8.99. The number of nitrogens with zero attached hydrogens (tertiary/aromatic N) is 3. The highest BCUT2D eigenvalue weighted by Gasteiger charge is 2.54. The summed E-state index contributed by atoms with van der Waals surface area (Å²) < 4.78 is 37.7. The van der Waals surface area contributed by atoms with Gasteiger partial charge in [0.2, 0.25) is 21.8 Å². The quantitative estimate of drug-likeness (QED) is 0.819. The van der Waals surface area contributed by atoms with Gasteiger partial charge in [-0.15, -0.1) is 10.2 Å². The van der Waals surface area contributed by atoms with E-state index < -0.39 is 15.4 Å². The van der Waals surface area contributed by atoms with E-state index in [1.165, 1.54) is 0 Å². The summed E-state index contributed by atoms with van der Waals surface area (Å²) in [5.74, 6) is 1.19. The van der Waals surface area contributed by atoms with Gasteiger partial charge in [0, 0.05) is 26.6 Å². The van der Waals surface area contributed by atoms with Gasteiger partial charge in [-0.3, -0.25) is 0 Å². The van der Waals surface area contributed by atoms with E-state index in [-0.39, 0.29) is 11.9 Å². The van der Waals surface area contributed by atoms with E-state index in [9.17, 15) is 8.42 Å². The minimum atomic E-state index is -3.22. The second-order valence-corrected chi connectivity index (χ2v) is 7.92. The van der Waals surface area contributed by atoms with Crippen LogP contribution in [0.5, 0.6) is 0 Å². The van der Waals surface area contributed by atoms with E-state index in [4.69, 9.17) is 9.15 Å². The van der Waals surface area contributed by atoms with E-state index in [2.05, 4.69) is 10.2 Å². The summed E-state index contributed by atoms with van der Waals surface area (Å²) >= 11 is 0. The average molecular weight is 315 g/mol. The normalized spacial score (nSPS) is 30.5. The van der Waals surface area contributed by atoms with Crippen LogP contribution in [0.1, 0.15) is 38.0 Å². The van der Waals surface area contributed by atoms with E-state index >= 15 is 0 Å². The van der Waals surface area contributed by atoms with Crippen molar-refractivity contribution in [2.75, 3.05) is 25.4 Å². The number of piperidine rings is 1. The molecule has 2 saturated heterocycles. The second-order valence-electron chi connectivity index (χ2n) is 5.83. The molecule has 7 nitrogen and oxygen atoms in total. The molecule has 21 heavy (non-hydrogen) atoms. The number of aromatic nitrogens is 2. The van der Waals surface area contributed by atoms with Crippen molar-refractivity contribution in [1.29, 1.82) is 0 Å². The Balaban J connectivity index is 1.93. The number of rotatable bonds is 4. The minimum absolute atomic E-state index is 0.0366. The van der Waals surface area contributed by atoms with Gasteiger partial charge in [-0.05, 0) is 19.3 Å². The van der Waals surface area contributed by atoms with Gasteiger partial charge in [-0.2, -0.15) is 0 Å². The Morgan fingerprint density at radius 3 is 2.90 bits per heavy atom. The van der Waals surface area contributed by atoms with E-state index in [1.54, 1.807) is 11.2 Å². The predicted molar refractivity (Wildman–Crippen MR) is 75.3 cm³/mol. The fourth-order valence-electron chi connectivity index (χ4n) is 3.33. The van der Waals surface area contributed by atoms with Gasteiger partial charge in [0.25, 0.3) is 0 Å².